The van der Waals surface area contributed by atoms with Crippen LogP contribution < -0.4 is 14.8 Å². The summed E-state index contributed by atoms with van der Waals surface area (Å²) in [6, 6.07) is 9.91. The van der Waals surface area contributed by atoms with E-state index in [4.69, 9.17) is 14.0 Å². The molecule has 1 heterocycles. The van der Waals surface area contributed by atoms with Crippen molar-refractivity contribution in [3.63, 3.8) is 0 Å². The first-order chi connectivity index (χ1) is 10.2. The van der Waals surface area contributed by atoms with Crippen molar-refractivity contribution in [1.29, 1.82) is 0 Å². The van der Waals surface area contributed by atoms with Crippen molar-refractivity contribution < 1.29 is 14.0 Å². The first-order valence-electron chi connectivity index (χ1n) is 7.21. The minimum Gasteiger partial charge on any atom is -0.490 e. The number of hydrogen-bond acceptors (Lipinski definition) is 5. The van der Waals surface area contributed by atoms with Crippen LogP contribution in [0.4, 0.5) is 0 Å². The number of ether oxygens (including phenoxy) is 2. The van der Waals surface area contributed by atoms with Gasteiger partial charge in [0.05, 0.1) is 12.3 Å². The van der Waals surface area contributed by atoms with Crippen LogP contribution in [0, 0.1) is 0 Å². The van der Waals surface area contributed by atoms with Gasteiger partial charge in [0, 0.05) is 18.7 Å². The average molecular weight is 290 g/mol. The molecule has 0 aliphatic rings. The number of hydrogen-bond donors (Lipinski definition) is 1. The number of aromatic nitrogens is 1. The maximum atomic E-state index is 5.74. The smallest absolute Gasteiger partial charge is 0.174 e. The first-order valence-corrected chi connectivity index (χ1v) is 7.21. The molecule has 2 aromatic rings. The number of nitrogens with one attached hydrogen (secondary N) is 1. The van der Waals surface area contributed by atoms with Crippen LogP contribution in [0.3, 0.4) is 0 Å². The standard InChI is InChI=1S/C16H22N2O3/c1-4-19-15-7-5-6-8-16(15)20-11-14-9-13(18-21-14)10-17-12(2)3/h5-9,12,17H,4,10-11H2,1-3H3. The Morgan fingerprint density at radius 1 is 1.19 bits per heavy atom. The zero-order valence-corrected chi connectivity index (χ0v) is 12.8. The number of rotatable bonds is 8. The molecular weight excluding hydrogens is 268 g/mol. The number of nitrogens with zero attached hydrogens (tertiary/aromatic N) is 1. The van der Waals surface area contributed by atoms with E-state index in [2.05, 4.69) is 24.3 Å². The Bertz CT molecular complexity index is 552. The first kappa shape index (κ1) is 15.4. The Morgan fingerprint density at radius 3 is 2.57 bits per heavy atom. The van der Waals surface area contributed by atoms with Gasteiger partial charge in [-0.1, -0.05) is 31.1 Å². The molecule has 1 aromatic heterocycles. The zero-order valence-electron chi connectivity index (χ0n) is 12.8. The van der Waals surface area contributed by atoms with Crippen molar-refractivity contribution >= 4 is 0 Å². The molecule has 0 radical (unpaired) electrons. The Balaban J connectivity index is 1.91. The van der Waals surface area contributed by atoms with E-state index in [1.807, 2.05) is 37.3 Å². The summed E-state index contributed by atoms with van der Waals surface area (Å²) >= 11 is 0. The van der Waals surface area contributed by atoms with E-state index < -0.39 is 0 Å². The molecule has 1 aromatic carbocycles. The SMILES string of the molecule is CCOc1ccccc1OCc1cc(CNC(C)C)no1. The lowest BCUT2D eigenvalue weighted by molar-refractivity contribution is 0.232. The van der Waals surface area contributed by atoms with Gasteiger partial charge in [0.1, 0.15) is 6.61 Å². The normalized spacial score (nSPS) is 10.9. The summed E-state index contributed by atoms with van der Waals surface area (Å²) in [5.74, 6) is 2.14. The van der Waals surface area contributed by atoms with E-state index in [1.165, 1.54) is 0 Å². The van der Waals surface area contributed by atoms with Crippen LogP contribution in [0.5, 0.6) is 11.5 Å². The number of para-hydroxylation sites is 2. The van der Waals surface area contributed by atoms with E-state index in [0.717, 1.165) is 11.4 Å². The summed E-state index contributed by atoms with van der Waals surface area (Å²) in [5, 5.41) is 7.30. The predicted molar refractivity (Wildman–Crippen MR) is 80.4 cm³/mol. The van der Waals surface area contributed by atoms with Gasteiger partial charge in [-0.3, -0.25) is 0 Å². The van der Waals surface area contributed by atoms with Crippen LogP contribution in [-0.4, -0.2) is 17.8 Å². The van der Waals surface area contributed by atoms with Crippen LogP contribution in [0.15, 0.2) is 34.9 Å². The predicted octanol–water partition coefficient (Wildman–Crippen LogP) is 3.15. The highest BCUT2D eigenvalue weighted by atomic mass is 16.5. The Kier molecular flexibility index (Phi) is 5.63. The van der Waals surface area contributed by atoms with Crippen LogP contribution in [0.25, 0.3) is 0 Å². The average Bonchev–Trinajstić information content (AvgIpc) is 2.92. The Labute approximate surface area is 125 Å². The summed E-state index contributed by atoms with van der Waals surface area (Å²) in [5.41, 5.74) is 0.875. The highest BCUT2D eigenvalue weighted by Gasteiger charge is 2.08. The lowest BCUT2D eigenvalue weighted by Crippen LogP contribution is -2.21. The van der Waals surface area contributed by atoms with Crippen LogP contribution in [0.1, 0.15) is 32.2 Å². The summed E-state index contributed by atoms with van der Waals surface area (Å²) in [7, 11) is 0. The molecule has 0 amide bonds. The van der Waals surface area contributed by atoms with E-state index >= 15 is 0 Å². The molecule has 0 fully saturated rings. The van der Waals surface area contributed by atoms with Crippen molar-refractivity contribution in [2.24, 2.45) is 0 Å². The summed E-state index contributed by atoms with van der Waals surface area (Å²) in [4.78, 5) is 0. The maximum Gasteiger partial charge on any atom is 0.174 e. The van der Waals surface area contributed by atoms with Gasteiger partial charge in [0.15, 0.2) is 17.3 Å². The third-order valence-corrected chi connectivity index (χ3v) is 2.82. The van der Waals surface area contributed by atoms with Crippen LogP contribution in [0.2, 0.25) is 0 Å². The lowest BCUT2D eigenvalue weighted by Gasteiger charge is -2.10. The molecule has 0 bridgehead atoms. The molecule has 0 aliphatic carbocycles. The Morgan fingerprint density at radius 2 is 1.90 bits per heavy atom. The monoisotopic (exact) mass is 290 g/mol. The van der Waals surface area contributed by atoms with Crippen molar-refractivity contribution in [2.45, 2.75) is 40.0 Å². The van der Waals surface area contributed by atoms with Gasteiger partial charge >= 0.3 is 0 Å². The molecule has 114 valence electrons. The molecule has 0 spiro atoms. The van der Waals surface area contributed by atoms with Gasteiger partial charge in [0.2, 0.25) is 0 Å². The van der Waals surface area contributed by atoms with Gasteiger partial charge in [-0.15, -0.1) is 0 Å². The third-order valence-electron chi connectivity index (χ3n) is 2.82. The molecule has 5 heteroatoms. The minimum absolute atomic E-state index is 0.332. The van der Waals surface area contributed by atoms with Crippen molar-refractivity contribution in [1.82, 2.24) is 10.5 Å². The van der Waals surface area contributed by atoms with Crippen LogP contribution >= 0.6 is 0 Å². The minimum atomic E-state index is 0.332. The molecule has 0 aliphatic heterocycles. The van der Waals surface area contributed by atoms with Gasteiger partial charge < -0.3 is 19.3 Å². The summed E-state index contributed by atoms with van der Waals surface area (Å²) in [6.45, 7) is 7.76. The quantitative estimate of drug-likeness (QED) is 0.809. The van der Waals surface area contributed by atoms with Gasteiger partial charge in [-0.05, 0) is 19.1 Å². The Hall–Kier alpha value is -2.01. The summed E-state index contributed by atoms with van der Waals surface area (Å²) in [6.07, 6.45) is 0. The summed E-state index contributed by atoms with van der Waals surface area (Å²) < 4.78 is 16.5. The van der Waals surface area contributed by atoms with Crippen LogP contribution in [-0.2, 0) is 13.2 Å². The van der Waals surface area contributed by atoms with E-state index in [1.54, 1.807) is 0 Å². The second-order valence-corrected chi connectivity index (χ2v) is 4.99. The lowest BCUT2D eigenvalue weighted by atomic mass is 10.3. The molecule has 5 nitrogen and oxygen atoms in total. The fourth-order valence-corrected chi connectivity index (χ4v) is 1.81. The fraction of sp³-hybridized carbons (Fsp3) is 0.438. The van der Waals surface area contributed by atoms with Gasteiger partial charge in [-0.2, -0.15) is 0 Å². The molecule has 1 N–H and O–H groups in total. The van der Waals surface area contributed by atoms with E-state index in [0.29, 0.717) is 37.3 Å². The highest BCUT2D eigenvalue weighted by Crippen LogP contribution is 2.27. The molecule has 0 saturated carbocycles. The zero-order chi connectivity index (χ0) is 15.1. The number of benzene rings is 1. The topological polar surface area (TPSA) is 56.5 Å². The fourth-order valence-electron chi connectivity index (χ4n) is 1.81. The van der Waals surface area contributed by atoms with Gasteiger partial charge in [-0.25, -0.2) is 0 Å². The van der Waals surface area contributed by atoms with E-state index in [9.17, 15) is 0 Å². The third kappa shape index (κ3) is 4.79. The van der Waals surface area contributed by atoms with Gasteiger partial charge in [0.25, 0.3) is 0 Å². The maximum absolute atomic E-state index is 5.74. The van der Waals surface area contributed by atoms with E-state index in [-0.39, 0.29) is 0 Å². The second kappa shape index (κ2) is 7.69. The van der Waals surface area contributed by atoms with Crippen molar-refractivity contribution in [2.75, 3.05) is 6.61 Å². The molecule has 2 rings (SSSR count). The molecule has 0 unspecified atom stereocenters. The van der Waals surface area contributed by atoms with Crippen molar-refractivity contribution in [3.05, 3.63) is 41.8 Å². The molecule has 0 atom stereocenters. The van der Waals surface area contributed by atoms with Crippen molar-refractivity contribution in [3.8, 4) is 11.5 Å². The molecule has 21 heavy (non-hydrogen) atoms. The second-order valence-electron chi connectivity index (χ2n) is 4.99. The molecular formula is C16H22N2O3. The molecule has 0 saturated heterocycles. The highest BCUT2D eigenvalue weighted by molar-refractivity contribution is 5.39. The largest absolute Gasteiger partial charge is 0.490 e.